The number of rotatable bonds is 7. The van der Waals surface area contributed by atoms with E-state index in [2.05, 4.69) is 30.3 Å². The topological polar surface area (TPSA) is 164 Å². The Balaban J connectivity index is 1.44. The van der Waals surface area contributed by atoms with E-state index < -0.39 is 73.5 Å². The maximum absolute atomic E-state index is 14.2. The van der Waals surface area contributed by atoms with E-state index in [0.717, 1.165) is 11.7 Å². The molecule has 0 bridgehead atoms. The van der Waals surface area contributed by atoms with E-state index in [1.807, 2.05) is 0 Å². The lowest BCUT2D eigenvalue weighted by atomic mass is 9.74. The predicted molar refractivity (Wildman–Crippen MR) is 149 cm³/mol. The van der Waals surface area contributed by atoms with Crippen LogP contribution in [0.2, 0.25) is 0 Å². The molecule has 0 spiro atoms. The van der Waals surface area contributed by atoms with Crippen LogP contribution in [0.4, 0.5) is 29.6 Å². The Hall–Kier alpha value is -4.63. The number of methoxy groups -OCH3 is 1. The molecule has 4 heterocycles. The Bertz CT molecular complexity index is 1990. The average molecular weight is 606 g/mol. The third-order valence-corrected chi connectivity index (χ3v) is 8.14. The number of primary amides is 1. The SMILES string of the molecule is [2H]C([2H])([2H])n1c(=O)n([C@@H]2CC[C@@]([2H])(NC(=O)OC)C2)c2cc(Nc3cc(C)c4nc(C(F)F)n(C5(C(N)=O)CC(F)C5)c4n3)ncc21. The minimum atomic E-state index is -3.13. The van der Waals surface area contributed by atoms with E-state index in [1.165, 1.54) is 22.9 Å². The van der Waals surface area contributed by atoms with Gasteiger partial charge in [-0.25, -0.2) is 37.7 Å². The van der Waals surface area contributed by atoms with Crippen molar-refractivity contribution in [2.75, 3.05) is 12.4 Å². The zero-order chi connectivity index (χ0) is 34.2. The van der Waals surface area contributed by atoms with Crippen molar-refractivity contribution in [1.82, 2.24) is 34.0 Å². The summed E-state index contributed by atoms with van der Waals surface area (Å²) in [5.41, 5.74) is 3.40. The molecule has 2 aliphatic carbocycles. The van der Waals surface area contributed by atoms with Gasteiger partial charge in [0.2, 0.25) is 5.91 Å². The molecule has 228 valence electrons. The van der Waals surface area contributed by atoms with E-state index >= 15 is 0 Å². The minimum absolute atomic E-state index is 0.0163. The number of aryl methyl sites for hydroxylation is 2. The van der Waals surface area contributed by atoms with Gasteiger partial charge in [0, 0.05) is 42.1 Å². The second kappa shape index (κ2) is 10.3. The van der Waals surface area contributed by atoms with E-state index in [1.54, 1.807) is 6.92 Å². The summed E-state index contributed by atoms with van der Waals surface area (Å²) in [4.78, 5) is 50.6. The maximum atomic E-state index is 14.2. The molecule has 0 radical (unpaired) electrons. The monoisotopic (exact) mass is 605 g/mol. The second-order valence-corrected chi connectivity index (χ2v) is 10.8. The number of carbonyl (C=O) groups excluding carboxylic acids is 2. The first-order chi connectivity index (χ1) is 22.0. The van der Waals surface area contributed by atoms with Gasteiger partial charge in [0.15, 0.2) is 11.5 Å². The fourth-order valence-corrected chi connectivity index (χ4v) is 6.04. The highest BCUT2D eigenvalue weighted by atomic mass is 19.3. The number of hydrogen-bond donors (Lipinski definition) is 3. The van der Waals surface area contributed by atoms with E-state index in [9.17, 15) is 27.6 Å². The number of ether oxygens (including phenoxy) is 1. The van der Waals surface area contributed by atoms with Crippen LogP contribution in [-0.4, -0.2) is 60.0 Å². The molecule has 0 aliphatic heterocycles. The molecule has 4 N–H and O–H groups in total. The van der Waals surface area contributed by atoms with Crippen LogP contribution in [0.5, 0.6) is 0 Å². The van der Waals surface area contributed by atoms with Gasteiger partial charge in [-0.2, -0.15) is 0 Å². The van der Waals surface area contributed by atoms with Crippen molar-refractivity contribution in [3.8, 4) is 0 Å². The van der Waals surface area contributed by atoms with Crippen molar-refractivity contribution >= 4 is 45.8 Å². The number of aromatic nitrogens is 6. The van der Waals surface area contributed by atoms with Crippen LogP contribution in [0, 0.1) is 6.92 Å². The number of halogens is 3. The fraction of sp³-hybridized carbons (Fsp3) is 0.481. The molecular formula is C27H30F3N9O4. The van der Waals surface area contributed by atoms with Crippen molar-refractivity contribution in [2.24, 2.45) is 12.7 Å². The summed E-state index contributed by atoms with van der Waals surface area (Å²) < 4.78 is 82.4. The Morgan fingerprint density at radius 3 is 2.65 bits per heavy atom. The van der Waals surface area contributed by atoms with Crippen LogP contribution >= 0.6 is 0 Å². The van der Waals surface area contributed by atoms with Crippen molar-refractivity contribution in [3.05, 3.63) is 40.2 Å². The van der Waals surface area contributed by atoms with Crippen LogP contribution in [0.1, 0.15) is 61.4 Å². The third-order valence-electron chi connectivity index (χ3n) is 8.14. The van der Waals surface area contributed by atoms with Crippen LogP contribution in [0.25, 0.3) is 22.2 Å². The number of anilines is 2. The molecule has 4 aromatic heterocycles. The van der Waals surface area contributed by atoms with Gasteiger partial charge in [-0.05, 0) is 37.8 Å². The summed E-state index contributed by atoms with van der Waals surface area (Å²) in [6.45, 7) is -1.29. The molecule has 43 heavy (non-hydrogen) atoms. The standard InChI is InChI=1S/C27H30F3N9O4/c1-12-6-19(35-22-20(12)36-23(21(29)30)39(22)27(24(31)40)9-13(28)10-27)34-18-8-16-17(11-32-18)37(2)26(42)38(16)15-5-4-14(7-15)33-25(41)43-3/h6,8,11,13-15,21H,4-5,7,9-10H2,1-3H3,(H2,31,40)(H,33,41)(H,32,34,35)/t13?,14-,15-,27?/m1/s1/i2D3,14D. The van der Waals surface area contributed by atoms with Gasteiger partial charge >= 0.3 is 11.8 Å². The zero-order valence-corrected chi connectivity index (χ0v) is 23.0. The second-order valence-electron chi connectivity index (χ2n) is 10.8. The number of amides is 2. The lowest BCUT2D eigenvalue weighted by Crippen LogP contribution is -2.57. The van der Waals surface area contributed by atoms with Crippen molar-refractivity contribution in [2.45, 2.75) is 69.2 Å². The molecule has 2 aliphatic rings. The molecular weight excluding hydrogens is 571 g/mol. The van der Waals surface area contributed by atoms with Gasteiger partial charge in [-0.1, -0.05) is 0 Å². The number of nitrogens with two attached hydrogens (primary N) is 1. The molecule has 2 fully saturated rings. The van der Waals surface area contributed by atoms with Crippen LogP contribution < -0.4 is 22.1 Å². The summed E-state index contributed by atoms with van der Waals surface area (Å²) in [7, 11) is 1.16. The quantitative estimate of drug-likeness (QED) is 0.289. The molecule has 2 saturated carbocycles. The molecule has 6 rings (SSSR count). The minimum Gasteiger partial charge on any atom is -0.453 e. The van der Waals surface area contributed by atoms with Gasteiger partial charge in [0.25, 0.3) is 6.43 Å². The van der Waals surface area contributed by atoms with Crippen LogP contribution in [-0.2, 0) is 22.0 Å². The molecule has 2 atom stereocenters. The molecule has 4 aromatic rings. The molecule has 0 saturated heterocycles. The summed E-state index contributed by atoms with van der Waals surface area (Å²) in [6.07, 6.45) is -4.65. The first kappa shape index (κ1) is 23.9. The smallest absolute Gasteiger partial charge is 0.407 e. The normalized spacial score (nSPS) is 26.9. The van der Waals surface area contributed by atoms with E-state index in [4.69, 9.17) is 11.2 Å². The number of nitrogens with zero attached hydrogens (tertiary/aromatic N) is 6. The Labute approximate surface area is 247 Å². The number of hydrogen-bond acceptors (Lipinski definition) is 8. The highest BCUT2D eigenvalue weighted by Gasteiger charge is 2.54. The molecule has 2 amide bonds. The number of alkyl halides is 3. The van der Waals surface area contributed by atoms with Gasteiger partial charge in [0.1, 0.15) is 28.9 Å². The summed E-state index contributed by atoms with van der Waals surface area (Å²) in [5.74, 6) is -1.63. The summed E-state index contributed by atoms with van der Waals surface area (Å²) >= 11 is 0. The zero-order valence-electron chi connectivity index (χ0n) is 27.0. The number of alkyl carbamates (subject to hydrolysis) is 1. The highest BCUT2D eigenvalue weighted by molar-refractivity contribution is 5.88. The summed E-state index contributed by atoms with van der Waals surface area (Å²) in [5, 5.41) is 5.39. The van der Waals surface area contributed by atoms with Crippen molar-refractivity contribution in [1.29, 1.82) is 0 Å². The van der Waals surface area contributed by atoms with E-state index in [-0.39, 0.29) is 53.1 Å². The third kappa shape index (κ3) is 4.55. The van der Waals surface area contributed by atoms with Crippen LogP contribution in [0.15, 0.2) is 23.1 Å². The first-order valence-corrected chi connectivity index (χ1v) is 13.4. The number of pyridine rings is 2. The van der Waals surface area contributed by atoms with Gasteiger partial charge in [-0.15, -0.1) is 0 Å². The lowest BCUT2D eigenvalue weighted by molar-refractivity contribution is -0.135. The Kier molecular flexibility index (Phi) is 5.70. The number of carbonyl (C=O) groups is 2. The van der Waals surface area contributed by atoms with Gasteiger partial charge in [-0.3, -0.25) is 18.5 Å². The Morgan fingerprint density at radius 2 is 2.00 bits per heavy atom. The lowest BCUT2D eigenvalue weighted by Gasteiger charge is -2.43. The van der Waals surface area contributed by atoms with Gasteiger partial charge in [0.05, 0.1) is 25.7 Å². The van der Waals surface area contributed by atoms with Crippen LogP contribution in [0.3, 0.4) is 0 Å². The van der Waals surface area contributed by atoms with E-state index in [0.29, 0.717) is 10.1 Å². The van der Waals surface area contributed by atoms with Gasteiger partial charge < -0.3 is 21.1 Å². The Morgan fingerprint density at radius 1 is 1.23 bits per heavy atom. The average Bonchev–Trinajstić information content (AvgIpc) is 3.61. The maximum Gasteiger partial charge on any atom is 0.407 e. The molecule has 13 nitrogen and oxygen atoms in total. The molecule has 0 unspecified atom stereocenters. The predicted octanol–water partition coefficient (Wildman–Crippen LogP) is 3.23. The molecule has 16 heteroatoms. The van der Waals surface area contributed by atoms with Crippen molar-refractivity contribution < 1.29 is 33.0 Å². The highest BCUT2D eigenvalue weighted by Crippen LogP contribution is 2.45. The molecule has 0 aromatic carbocycles. The number of imidazole rings is 2. The first-order valence-electron chi connectivity index (χ1n) is 15.4. The number of fused-ring (bicyclic) bond motifs is 2. The fourth-order valence-electron chi connectivity index (χ4n) is 6.04. The largest absolute Gasteiger partial charge is 0.453 e. The van der Waals surface area contributed by atoms with Crippen molar-refractivity contribution in [3.63, 3.8) is 0 Å². The summed E-state index contributed by atoms with van der Waals surface area (Å²) in [6, 6.07) is 0.747. The number of nitrogens with one attached hydrogen (secondary N) is 2.